The lowest BCUT2D eigenvalue weighted by atomic mass is 9.80. The van der Waals surface area contributed by atoms with Crippen LogP contribution in [0.4, 0.5) is 0 Å². The van der Waals surface area contributed by atoms with Crippen molar-refractivity contribution in [3.05, 3.63) is 29.8 Å². The number of rotatable bonds is 9. The number of benzene rings is 1. The molecule has 0 radical (unpaired) electrons. The quantitative estimate of drug-likeness (QED) is 0.676. The van der Waals surface area contributed by atoms with E-state index in [-0.39, 0.29) is 5.41 Å². The van der Waals surface area contributed by atoms with E-state index in [1.165, 1.54) is 31.2 Å². The molecule has 0 bridgehead atoms. The van der Waals surface area contributed by atoms with E-state index in [0.29, 0.717) is 0 Å². The van der Waals surface area contributed by atoms with Gasteiger partial charge in [-0.15, -0.1) is 0 Å². The molecule has 0 saturated heterocycles. The summed E-state index contributed by atoms with van der Waals surface area (Å²) >= 11 is 0. The Morgan fingerprint density at radius 3 is 2.37 bits per heavy atom. The largest absolute Gasteiger partial charge is 0.492 e. The summed E-state index contributed by atoms with van der Waals surface area (Å²) in [5, 5.41) is 3.08. The van der Waals surface area contributed by atoms with E-state index in [1.807, 2.05) is 7.05 Å². The van der Waals surface area contributed by atoms with E-state index in [9.17, 15) is 0 Å². The molecule has 0 heterocycles. The Morgan fingerprint density at radius 2 is 1.79 bits per heavy atom. The van der Waals surface area contributed by atoms with Gasteiger partial charge < -0.3 is 10.1 Å². The van der Waals surface area contributed by atoms with Gasteiger partial charge in [0.1, 0.15) is 12.4 Å². The molecule has 0 aliphatic rings. The van der Waals surface area contributed by atoms with Crippen LogP contribution in [0.2, 0.25) is 0 Å². The van der Waals surface area contributed by atoms with E-state index in [4.69, 9.17) is 4.74 Å². The lowest BCUT2D eigenvalue weighted by Gasteiger charge is -2.25. The van der Waals surface area contributed by atoms with Crippen LogP contribution in [-0.4, -0.2) is 20.2 Å². The van der Waals surface area contributed by atoms with Crippen LogP contribution in [0.5, 0.6) is 5.75 Å². The highest BCUT2D eigenvalue weighted by Gasteiger charge is 2.19. The molecule has 1 aromatic rings. The summed E-state index contributed by atoms with van der Waals surface area (Å²) in [6, 6.07) is 8.60. The average Bonchev–Trinajstić information content (AvgIpc) is 2.40. The van der Waals surface area contributed by atoms with Gasteiger partial charge in [0.15, 0.2) is 0 Å². The second-order valence-electron chi connectivity index (χ2n) is 5.82. The third kappa shape index (κ3) is 5.65. The Hall–Kier alpha value is -1.02. The first-order valence-electron chi connectivity index (χ1n) is 7.48. The van der Waals surface area contributed by atoms with Crippen LogP contribution in [-0.2, 0) is 5.41 Å². The minimum absolute atomic E-state index is 0.263. The van der Waals surface area contributed by atoms with Crippen LogP contribution in [0.25, 0.3) is 0 Å². The van der Waals surface area contributed by atoms with Crippen molar-refractivity contribution in [2.75, 3.05) is 20.2 Å². The smallest absolute Gasteiger partial charge is 0.119 e. The zero-order chi connectivity index (χ0) is 14.1. The summed E-state index contributed by atoms with van der Waals surface area (Å²) in [5.74, 6) is 0.961. The first kappa shape index (κ1) is 16.0. The summed E-state index contributed by atoms with van der Waals surface area (Å²) < 4.78 is 5.65. The van der Waals surface area contributed by atoms with Crippen LogP contribution < -0.4 is 10.1 Å². The Bertz CT molecular complexity index is 343. The van der Waals surface area contributed by atoms with E-state index < -0.39 is 0 Å². The minimum atomic E-state index is 0.263. The number of likely N-dealkylation sites (N-methyl/N-ethyl adjacent to an activating group) is 1. The maximum Gasteiger partial charge on any atom is 0.119 e. The Kier molecular flexibility index (Phi) is 6.93. The normalized spacial score (nSPS) is 11.6. The first-order chi connectivity index (χ1) is 9.10. The Labute approximate surface area is 118 Å². The number of unbranched alkanes of at least 4 members (excludes halogenated alkanes) is 2. The Morgan fingerprint density at radius 1 is 1.11 bits per heavy atom. The van der Waals surface area contributed by atoms with Crippen molar-refractivity contribution in [1.82, 2.24) is 5.32 Å². The van der Waals surface area contributed by atoms with Gasteiger partial charge in [-0.25, -0.2) is 0 Å². The van der Waals surface area contributed by atoms with E-state index in [0.717, 1.165) is 18.9 Å². The van der Waals surface area contributed by atoms with Crippen LogP contribution in [0, 0.1) is 0 Å². The molecule has 0 amide bonds. The molecular formula is C17H29NO. The molecule has 1 aromatic carbocycles. The lowest BCUT2D eigenvalue weighted by Crippen LogP contribution is -2.17. The summed E-state index contributed by atoms with van der Waals surface area (Å²) in [7, 11) is 1.94. The van der Waals surface area contributed by atoms with Crippen LogP contribution in [0.3, 0.4) is 0 Å². The molecular weight excluding hydrogens is 234 g/mol. The fourth-order valence-electron chi connectivity index (χ4n) is 2.23. The fraction of sp³-hybridized carbons (Fsp3) is 0.647. The van der Waals surface area contributed by atoms with Gasteiger partial charge in [0.2, 0.25) is 0 Å². The third-order valence-electron chi connectivity index (χ3n) is 3.66. The van der Waals surface area contributed by atoms with Crippen molar-refractivity contribution in [1.29, 1.82) is 0 Å². The predicted molar refractivity (Wildman–Crippen MR) is 83.0 cm³/mol. The van der Waals surface area contributed by atoms with Crippen molar-refractivity contribution >= 4 is 0 Å². The molecule has 2 nitrogen and oxygen atoms in total. The topological polar surface area (TPSA) is 21.3 Å². The first-order valence-corrected chi connectivity index (χ1v) is 7.48. The molecule has 0 aromatic heterocycles. The lowest BCUT2D eigenvalue weighted by molar-refractivity contribution is 0.318. The molecule has 1 N–H and O–H groups in total. The van der Waals surface area contributed by atoms with E-state index >= 15 is 0 Å². The average molecular weight is 263 g/mol. The van der Waals surface area contributed by atoms with Gasteiger partial charge in [0.05, 0.1) is 0 Å². The van der Waals surface area contributed by atoms with Gasteiger partial charge in [-0.2, -0.15) is 0 Å². The molecule has 0 aliphatic carbocycles. The third-order valence-corrected chi connectivity index (χ3v) is 3.66. The fourth-order valence-corrected chi connectivity index (χ4v) is 2.23. The summed E-state index contributed by atoms with van der Waals surface area (Å²) in [6.07, 6.45) is 5.17. The van der Waals surface area contributed by atoms with Gasteiger partial charge >= 0.3 is 0 Å². The highest BCUT2D eigenvalue weighted by molar-refractivity contribution is 5.31. The maximum atomic E-state index is 5.65. The van der Waals surface area contributed by atoms with Gasteiger partial charge in [0.25, 0.3) is 0 Å². The highest BCUT2D eigenvalue weighted by atomic mass is 16.5. The van der Waals surface area contributed by atoms with Crippen molar-refractivity contribution in [3.8, 4) is 5.75 Å². The number of ether oxygens (including phenoxy) is 1. The van der Waals surface area contributed by atoms with Gasteiger partial charge in [-0.05, 0) is 36.6 Å². The molecule has 0 aliphatic heterocycles. The molecule has 0 fully saturated rings. The predicted octanol–water partition coefficient (Wildman–Crippen LogP) is 4.14. The van der Waals surface area contributed by atoms with Gasteiger partial charge in [-0.3, -0.25) is 0 Å². The van der Waals surface area contributed by atoms with Crippen molar-refractivity contribution in [3.63, 3.8) is 0 Å². The van der Waals surface area contributed by atoms with Crippen LogP contribution >= 0.6 is 0 Å². The molecule has 0 spiro atoms. The zero-order valence-corrected chi connectivity index (χ0v) is 13.0. The van der Waals surface area contributed by atoms with Crippen molar-refractivity contribution in [2.24, 2.45) is 0 Å². The van der Waals surface area contributed by atoms with E-state index in [2.05, 4.69) is 50.4 Å². The maximum absolute atomic E-state index is 5.65. The second-order valence-corrected chi connectivity index (χ2v) is 5.82. The zero-order valence-electron chi connectivity index (χ0n) is 13.0. The molecule has 2 heteroatoms. The molecule has 0 saturated carbocycles. The molecule has 0 unspecified atom stereocenters. The molecule has 1 rings (SSSR count). The second kappa shape index (κ2) is 8.21. The highest BCUT2D eigenvalue weighted by Crippen LogP contribution is 2.30. The van der Waals surface area contributed by atoms with Gasteiger partial charge in [-0.1, -0.05) is 52.2 Å². The van der Waals surface area contributed by atoms with Crippen LogP contribution in [0.1, 0.15) is 52.0 Å². The van der Waals surface area contributed by atoms with E-state index in [1.54, 1.807) is 0 Å². The molecule has 0 atom stereocenters. The standard InChI is InChI=1S/C17H29NO/c1-5-6-7-12-17(2,3)15-8-10-16(11-9-15)19-14-13-18-4/h8-11,18H,5-7,12-14H2,1-4H3. The molecule has 108 valence electrons. The molecule has 19 heavy (non-hydrogen) atoms. The Balaban J connectivity index is 2.53. The summed E-state index contributed by atoms with van der Waals surface area (Å²) in [4.78, 5) is 0. The number of hydrogen-bond acceptors (Lipinski definition) is 2. The summed E-state index contributed by atoms with van der Waals surface area (Å²) in [5.41, 5.74) is 1.67. The SMILES string of the molecule is CCCCCC(C)(C)c1ccc(OCCNC)cc1. The number of nitrogens with one attached hydrogen (secondary N) is 1. The van der Waals surface area contributed by atoms with Crippen molar-refractivity contribution < 1.29 is 4.74 Å². The van der Waals surface area contributed by atoms with Crippen LogP contribution in [0.15, 0.2) is 24.3 Å². The monoisotopic (exact) mass is 263 g/mol. The van der Waals surface area contributed by atoms with Crippen molar-refractivity contribution in [2.45, 2.75) is 51.9 Å². The summed E-state index contributed by atoms with van der Waals surface area (Å²) in [6.45, 7) is 8.52. The number of hydrogen-bond donors (Lipinski definition) is 1. The van der Waals surface area contributed by atoms with Gasteiger partial charge in [0, 0.05) is 6.54 Å². The minimum Gasteiger partial charge on any atom is -0.492 e.